The Morgan fingerprint density at radius 3 is 2.44 bits per heavy atom. The maximum absolute atomic E-state index is 12.5. The van der Waals surface area contributed by atoms with E-state index < -0.39 is 0 Å². The maximum Gasteiger partial charge on any atom is 0.292 e. The summed E-state index contributed by atoms with van der Waals surface area (Å²) in [4.78, 5) is 28.6. The van der Waals surface area contributed by atoms with Crippen molar-refractivity contribution >= 4 is 11.8 Å². The van der Waals surface area contributed by atoms with Gasteiger partial charge in [0.1, 0.15) is 6.10 Å². The molecule has 136 valence electrons. The van der Waals surface area contributed by atoms with E-state index in [4.69, 9.17) is 9.26 Å². The zero-order valence-corrected chi connectivity index (χ0v) is 14.5. The van der Waals surface area contributed by atoms with E-state index in [2.05, 4.69) is 5.16 Å². The molecule has 25 heavy (non-hydrogen) atoms. The van der Waals surface area contributed by atoms with Crippen LogP contribution in [0.25, 0.3) is 0 Å². The topological polar surface area (TPSA) is 75.9 Å². The Hall–Kier alpha value is -1.89. The minimum Gasteiger partial charge on any atom is -0.368 e. The van der Waals surface area contributed by atoms with E-state index in [0.29, 0.717) is 25.5 Å². The van der Waals surface area contributed by atoms with Gasteiger partial charge in [0.05, 0.1) is 12.8 Å². The summed E-state index contributed by atoms with van der Waals surface area (Å²) in [6, 6.07) is 1.60. The average Bonchev–Trinajstić information content (AvgIpc) is 3.36. The van der Waals surface area contributed by atoms with Crippen molar-refractivity contribution < 1.29 is 18.8 Å². The lowest BCUT2D eigenvalue weighted by molar-refractivity contribution is -0.154. The van der Waals surface area contributed by atoms with Crippen molar-refractivity contribution in [2.45, 2.75) is 44.6 Å². The third-order valence-corrected chi connectivity index (χ3v) is 5.98. The van der Waals surface area contributed by atoms with Crippen LogP contribution in [0.4, 0.5) is 0 Å². The summed E-state index contributed by atoms with van der Waals surface area (Å²) < 4.78 is 11.0. The van der Waals surface area contributed by atoms with E-state index in [0.717, 1.165) is 51.6 Å². The van der Waals surface area contributed by atoms with Gasteiger partial charge in [0.25, 0.3) is 11.8 Å². The lowest BCUT2D eigenvalue weighted by Gasteiger charge is -2.45. The number of carbonyl (C=O) groups is 2. The first kappa shape index (κ1) is 16.6. The monoisotopic (exact) mass is 347 g/mol. The number of amides is 2. The summed E-state index contributed by atoms with van der Waals surface area (Å²) in [7, 11) is 0. The van der Waals surface area contributed by atoms with Crippen LogP contribution in [-0.4, -0.2) is 65.7 Å². The number of aromatic nitrogens is 1. The van der Waals surface area contributed by atoms with Crippen molar-refractivity contribution in [1.29, 1.82) is 0 Å². The molecular formula is C18H25N3O4. The molecule has 0 N–H and O–H groups in total. The van der Waals surface area contributed by atoms with E-state index in [1.54, 1.807) is 6.07 Å². The predicted octanol–water partition coefficient (Wildman–Crippen LogP) is 1.70. The largest absolute Gasteiger partial charge is 0.368 e. The summed E-state index contributed by atoms with van der Waals surface area (Å²) in [5, 5.41) is 3.60. The van der Waals surface area contributed by atoms with Crippen LogP contribution in [0.15, 0.2) is 16.8 Å². The lowest BCUT2D eigenvalue weighted by atomic mass is 9.73. The van der Waals surface area contributed by atoms with Crippen LogP contribution in [0.1, 0.15) is 49.1 Å². The second-order valence-electron chi connectivity index (χ2n) is 7.54. The molecule has 3 fully saturated rings. The molecule has 3 aliphatic heterocycles. The minimum atomic E-state index is -0.266. The second kappa shape index (κ2) is 6.78. The lowest BCUT2D eigenvalue weighted by Crippen LogP contribution is -2.50. The zero-order chi connectivity index (χ0) is 17.3. The van der Waals surface area contributed by atoms with Crippen LogP contribution >= 0.6 is 0 Å². The number of hydrogen-bond acceptors (Lipinski definition) is 5. The van der Waals surface area contributed by atoms with Crippen molar-refractivity contribution in [2.24, 2.45) is 5.41 Å². The Morgan fingerprint density at radius 1 is 1.08 bits per heavy atom. The van der Waals surface area contributed by atoms with Gasteiger partial charge in [-0.1, -0.05) is 5.16 Å². The Bertz CT molecular complexity index is 606. The maximum atomic E-state index is 12.5. The number of rotatable bonds is 2. The Labute approximate surface area is 147 Å². The fourth-order valence-corrected chi connectivity index (χ4v) is 4.27. The highest BCUT2D eigenvalue weighted by Crippen LogP contribution is 2.41. The van der Waals surface area contributed by atoms with Crippen molar-refractivity contribution in [3.05, 3.63) is 18.0 Å². The molecule has 1 aromatic heterocycles. The minimum absolute atomic E-state index is 0.0915. The third kappa shape index (κ3) is 3.29. The molecule has 1 aromatic rings. The molecule has 2 amide bonds. The molecule has 7 nitrogen and oxygen atoms in total. The van der Waals surface area contributed by atoms with Gasteiger partial charge in [-0.15, -0.1) is 0 Å². The van der Waals surface area contributed by atoms with E-state index in [1.165, 1.54) is 6.20 Å². The van der Waals surface area contributed by atoms with Crippen molar-refractivity contribution in [1.82, 2.24) is 15.0 Å². The first-order valence-electron chi connectivity index (χ1n) is 9.27. The number of carbonyl (C=O) groups excluding carboxylic acids is 2. The van der Waals surface area contributed by atoms with Gasteiger partial charge < -0.3 is 19.1 Å². The molecule has 7 heteroatoms. The highest BCUT2D eigenvalue weighted by Gasteiger charge is 2.42. The number of likely N-dealkylation sites (tertiary alicyclic amines) is 2. The molecule has 4 rings (SSSR count). The first-order valence-corrected chi connectivity index (χ1v) is 9.27. The number of piperidine rings is 1. The van der Waals surface area contributed by atoms with Gasteiger partial charge in [-0.25, -0.2) is 0 Å². The molecule has 0 saturated carbocycles. The summed E-state index contributed by atoms with van der Waals surface area (Å²) in [5.41, 5.74) is 0.111. The molecule has 3 saturated heterocycles. The van der Waals surface area contributed by atoms with E-state index in [9.17, 15) is 9.59 Å². The number of hydrogen-bond donors (Lipinski definition) is 0. The standard InChI is InChI=1S/C18H25N3O4/c22-16(20-9-1-2-10-20)14-3-5-18(13-24-14)6-11-21(12-7-18)17(23)15-4-8-19-25-15/h4,8,14H,1-3,5-7,9-13H2. The molecule has 1 atom stereocenters. The molecule has 0 bridgehead atoms. The molecule has 4 heterocycles. The molecular weight excluding hydrogens is 322 g/mol. The normalized spacial score (nSPS) is 26.2. The fourth-order valence-electron chi connectivity index (χ4n) is 4.27. The van der Waals surface area contributed by atoms with Crippen LogP contribution < -0.4 is 0 Å². The van der Waals surface area contributed by atoms with Gasteiger partial charge in [0.2, 0.25) is 5.76 Å². The molecule has 1 unspecified atom stereocenters. The number of ether oxygens (including phenoxy) is 1. The van der Waals surface area contributed by atoms with E-state index >= 15 is 0 Å². The quantitative estimate of drug-likeness (QED) is 0.814. The van der Waals surface area contributed by atoms with Crippen molar-refractivity contribution in [3.63, 3.8) is 0 Å². The van der Waals surface area contributed by atoms with Gasteiger partial charge in [-0.2, -0.15) is 0 Å². The van der Waals surface area contributed by atoms with Crippen LogP contribution in [0.2, 0.25) is 0 Å². The summed E-state index contributed by atoms with van der Waals surface area (Å²) in [6.45, 7) is 3.79. The first-order chi connectivity index (χ1) is 12.2. The van der Waals surface area contributed by atoms with Crippen molar-refractivity contribution in [3.8, 4) is 0 Å². The van der Waals surface area contributed by atoms with Crippen LogP contribution in [0.5, 0.6) is 0 Å². The van der Waals surface area contributed by atoms with Gasteiger partial charge in [0, 0.05) is 32.2 Å². The smallest absolute Gasteiger partial charge is 0.292 e. The highest BCUT2D eigenvalue weighted by molar-refractivity contribution is 5.91. The Kier molecular flexibility index (Phi) is 4.50. The second-order valence-corrected chi connectivity index (χ2v) is 7.54. The average molecular weight is 347 g/mol. The zero-order valence-electron chi connectivity index (χ0n) is 14.5. The SMILES string of the molecule is O=C(c1ccno1)N1CCC2(CCC(C(=O)N3CCCC3)OC2)CC1. The molecule has 0 aromatic carbocycles. The predicted molar refractivity (Wildman–Crippen MR) is 88.9 cm³/mol. The van der Waals surface area contributed by atoms with Gasteiger partial charge in [0.15, 0.2) is 0 Å². The summed E-state index contributed by atoms with van der Waals surface area (Å²) >= 11 is 0. The van der Waals surface area contributed by atoms with Crippen molar-refractivity contribution in [2.75, 3.05) is 32.8 Å². The molecule has 1 spiro atoms. The Morgan fingerprint density at radius 2 is 1.84 bits per heavy atom. The molecule has 3 aliphatic rings. The highest BCUT2D eigenvalue weighted by atomic mass is 16.5. The summed E-state index contributed by atoms with van der Waals surface area (Å²) in [5.74, 6) is 0.378. The van der Waals surface area contributed by atoms with Gasteiger partial charge in [-0.3, -0.25) is 9.59 Å². The third-order valence-electron chi connectivity index (χ3n) is 5.98. The van der Waals surface area contributed by atoms with Crippen LogP contribution in [0.3, 0.4) is 0 Å². The van der Waals surface area contributed by atoms with E-state index in [-0.39, 0.29) is 23.3 Å². The van der Waals surface area contributed by atoms with Gasteiger partial charge >= 0.3 is 0 Å². The number of nitrogens with zero attached hydrogens (tertiary/aromatic N) is 3. The summed E-state index contributed by atoms with van der Waals surface area (Å²) in [6.07, 6.45) is 7.07. The molecule has 0 radical (unpaired) electrons. The van der Waals surface area contributed by atoms with E-state index in [1.807, 2.05) is 9.80 Å². The molecule has 0 aliphatic carbocycles. The van der Waals surface area contributed by atoms with Gasteiger partial charge in [-0.05, 0) is 43.9 Å². The van der Waals surface area contributed by atoms with Crippen LogP contribution in [-0.2, 0) is 9.53 Å². The fraction of sp³-hybridized carbons (Fsp3) is 0.722. The van der Waals surface area contributed by atoms with Crippen LogP contribution in [0, 0.1) is 5.41 Å². The Balaban J connectivity index is 1.29.